The smallest absolute Gasteiger partial charge is 0.322 e. The Hall–Kier alpha value is -2.90. The zero-order valence-corrected chi connectivity index (χ0v) is 13.4. The molecule has 0 saturated heterocycles. The van der Waals surface area contributed by atoms with E-state index < -0.39 is 5.91 Å². The predicted octanol–water partition coefficient (Wildman–Crippen LogP) is 2.72. The molecule has 0 bridgehead atoms. The molecule has 0 aliphatic rings. The topological polar surface area (TPSA) is 99.0 Å². The van der Waals surface area contributed by atoms with Crippen molar-refractivity contribution in [3.63, 3.8) is 0 Å². The van der Waals surface area contributed by atoms with Crippen LogP contribution in [-0.4, -0.2) is 25.9 Å². The number of anilines is 1. The van der Waals surface area contributed by atoms with Gasteiger partial charge in [0.25, 0.3) is 11.8 Å². The highest BCUT2D eigenvalue weighted by Gasteiger charge is 2.18. The highest BCUT2D eigenvalue weighted by molar-refractivity contribution is 6.01. The van der Waals surface area contributed by atoms with Crippen LogP contribution < -0.4 is 5.32 Å². The minimum absolute atomic E-state index is 0.0203. The zero-order valence-electron chi connectivity index (χ0n) is 13.4. The Bertz CT molecular complexity index is 858. The molecule has 3 rings (SSSR count). The van der Waals surface area contributed by atoms with Gasteiger partial charge >= 0.3 is 6.01 Å². The van der Waals surface area contributed by atoms with Crippen LogP contribution in [0.1, 0.15) is 34.6 Å². The van der Waals surface area contributed by atoms with Gasteiger partial charge in [-0.2, -0.15) is 5.10 Å². The maximum atomic E-state index is 12.2. The fraction of sp³-hybridized carbons (Fsp3) is 0.333. The van der Waals surface area contributed by atoms with Gasteiger partial charge < -0.3 is 8.83 Å². The maximum absolute atomic E-state index is 12.2. The number of hydrogen-bond acceptors (Lipinski definition) is 6. The van der Waals surface area contributed by atoms with Crippen LogP contribution in [-0.2, 0) is 6.54 Å². The lowest BCUT2D eigenvalue weighted by Crippen LogP contribution is -2.13. The van der Waals surface area contributed by atoms with E-state index in [1.807, 2.05) is 27.7 Å². The predicted molar refractivity (Wildman–Crippen MR) is 82.1 cm³/mol. The Morgan fingerprint density at radius 3 is 2.61 bits per heavy atom. The van der Waals surface area contributed by atoms with Crippen molar-refractivity contribution in [2.45, 2.75) is 34.2 Å². The average molecular weight is 315 g/mol. The number of nitrogens with zero attached hydrogens (tertiary/aromatic N) is 4. The number of nitrogens with one attached hydrogen (secondary N) is 1. The second-order valence-corrected chi connectivity index (χ2v) is 5.18. The molecular formula is C15H17N5O3. The standard InChI is InChI=1S/C15H17N5O3/c1-5-20-8(2)6-12(19-20)13(21)16-15-18-17-14(23-15)11-7-9(3)22-10(11)4/h6-7H,5H2,1-4H3,(H,16,18,21). The summed E-state index contributed by atoms with van der Waals surface area (Å²) in [5.41, 5.74) is 1.93. The summed E-state index contributed by atoms with van der Waals surface area (Å²) >= 11 is 0. The molecule has 0 aliphatic heterocycles. The van der Waals surface area contributed by atoms with Crippen molar-refractivity contribution in [3.05, 3.63) is 35.0 Å². The van der Waals surface area contributed by atoms with E-state index in [1.54, 1.807) is 16.8 Å². The van der Waals surface area contributed by atoms with Crippen LogP contribution in [0.2, 0.25) is 0 Å². The highest BCUT2D eigenvalue weighted by Crippen LogP contribution is 2.26. The SMILES string of the molecule is CCn1nc(C(=O)Nc2nnc(-c3cc(C)oc3C)o2)cc1C. The minimum atomic E-state index is -0.393. The molecule has 23 heavy (non-hydrogen) atoms. The summed E-state index contributed by atoms with van der Waals surface area (Å²) in [6.45, 7) is 8.19. The lowest BCUT2D eigenvalue weighted by molar-refractivity contribution is 0.101. The van der Waals surface area contributed by atoms with E-state index in [4.69, 9.17) is 8.83 Å². The van der Waals surface area contributed by atoms with Gasteiger partial charge in [0.2, 0.25) is 0 Å². The molecule has 8 nitrogen and oxygen atoms in total. The molecule has 1 N–H and O–H groups in total. The number of aromatic nitrogens is 4. The Morgan fingerprint density at radius 2 is 2.00 bits per heavy atom. The van der Waals surface area contributed by atoms with Crippen molar-refractivity contribution in [3.8, 4) is 11.5 Å². The number of carbonyl (C=O) groups is 1. The van der Waals surface area contributed by atoms with Crippen molar-refractivity contribution < 1.29 is 13.6 Å². The first kappa shape index (κ1) is 15.0. The van der Waals surface area contributed by atoms with Crippen LogP contribution >= 0.6 is 0 Å². The summed E-state index contributed by atoms with van der Waals surface area (Å²) in [5, 5.41) is 14.5. The summed E-state index contributed by atoms with van der Waals surface area (Å²) in [6, 6.07) is 3.53. The number of hydrogen-bond donors (Lipinski definition) is 1. The monoisotopic (exact) mass is 315 g/mol. The molecule has 0 atom stereocenters. The second kappa shape index (κ2) is 5.71. The lowest BCUT2D eigenvalue weighted by atomic mass is 10.2. The van der Waals surface area contributed by atoms with Crippen molar-refractivity contribution in [1.29, 1.82) is 0 Å². The Kier molecular flexibility index (Phi) is 3.73. The van der Waals surface area contributed by atoms with Crippen molar-refractivity contribution >= 4 is 11.9 Å². The first-order chi connectivity index (χ1) is 11.0. The molecule has 0 radical (unpaired) electrons. The number of rotatable bonds is 4. The number of amides is 1. The van der Waals surface area contributed by atoms with Crippen LogP contribution in [0, 0.1) is 20.8 Å². The molecule has 1 amide bonds. The van der Waals surface area contributed by atoms with Gasteiger partial charge in [0.1, 0.15) is 11.5 Å². The van der Waals surface area contributed by atoms with Gasteiger partial charge in [-0.3, -0.25) is 14.8 Å². The highest BCUT2D eigenvalue weighted by atomic mass is 16.4. The molecule has 0 unspecified atom stereocenters. The van der Waals surface area contributed by atoms with Crippen molar-refractivity contribution in [2.24, 2.45) is 0 Å². The molecule has 120 valence electrons. The Balaban J connectivity index is 1.78. The summed E-state index contributed by atoms with van der Waals surface area (Å²) in [4.78, 5) is 12.2. The van der Waals surface area contributed by atoms with E-state index in [9.17, 15) is 4.79 Å². The number of aryl methyl sites for hydroxylation is 4. The van der Waals surface area contributed by atoms with E-state index in [1.165, 1.54) is 0 Å². The van der Waals surface area contributed by atoms with Gasteiger partial charge in [-0.15, -0.1) is 5.10 Å². The van der Waals surface area contributed by atoms with Crippen LogP contribution in [0.25, 0.3) is 11.5 Å². The third-order valence-corrected chi connectivity index (χ3v) is 3.43. The molecule has 0 fully saturated rings. The van der Waals surface area contributed by atoms with Crippen LogP contribution in [0.3, 0.4) is 0 Å². The summed E-state index contributed by atoms with van der Waals surface area (Å²) in [7, 11) is 0. The van der Waals surface area contributed by atoms with Gasteiger partial charge in [-0.25, -0.2) is 0 Å². The lowest BCUT2D eigenvalue weighted by Gasteiger charge is -1.97. The van der Waals surface area contributed by atoms with Gasteiger partial charge in [0.05, 0.1) is 5.56 Å². The molecule has 0 aromatic carbocycles. The Labute approximate surface area is 132 Å². The second-order valence-electron chi connectivity index (χ2n) is 5.18. The van der Waals surface area contributed by atoms with E-state index in [2.05, 4.69) is 20.6 Å². The van der Waals surface area contributed by atoms with E-state index >= 15 is 0 Å². The number of carbonyl (C=O) groups excluding carboxylic acids is 1. The van der Waals surface area contributed by atoms with Gasteiger partial charge in [-0.05, 0) is 39.8 Å². The summed E-state index contributed by atoms with van der Waals surface area (Å²) < 4.78 is 12.6. The zero-order chi connectivity index (χ0) is 16.6. The molecule has 3 aromatic heterocycles. The third kappa shape index (κ3) is 2.87. The quantitative estimate of drug-likeness (QED) is 0.794. The fourth-order valence-electron chi connectivity index (χ4n) is 2.33. The maximum Gasteiger partial charge on any atom is 0.322 e. The van der Waals surface area contributed by atoms with Crippen LogP contribution in [0.15, 0.2) is 21.0 Å². The van der Waals surface area contributed by atoms with Gasteiger partial charge in [0, 0.05) is 12.2 Å². The summed E-state index contributed by atoms with van der Waals surface area (Å²) in [6.07, 6.45) is 0. The molecule has 8 heteroatoms. The van der Waals surface area contributed by atoms with E-state index in [0.717, 1.165) is 11.5 Å². The largest absolute Gasteiger partial charge is 0.466 e. The number of furan rings is 1. The Morgan fingerprint density at radius 1 is 1.22 bits per heavy atom. The summed E-state index contributed by atoms with van der Waals surface area (Å²) in [5.74, 6) is 1.34. The minimum Gasteiger partial charge on any atom is -0.466 e. The molecular weight excluding hydrogens is 298 g/mol. The molecule has 0 spiro atoms. The fourth-order valence-corrected chi connectivity index (χ4v) is 2.33. The van der Waals surface area contributed by atoms with Crippen molar-refractivity contribution in [1.82, 2.24) is 20.0 Å². The van der Waals surface area contributed by atoms with E-state index in [0.29, 0.717) is 29.5 Å². The van der Waals surface area contributed by atoms with Crippen LogP contribution in [0.5, 0.6) is 0 Å². The molecule has 3 aromatic rings. The van der Waals surface area contributed by atoms with Crippen LogP contribution in [0.4, 0.5) is 6.01 Å². The van der Waals surface area contributed by atoms with E-state index in [-0.39, 0.29) is 6.01 Å². The first-order valence-electron chi connectivity index (χ1n) is 7.24. The third-order valence-electron chi connectivity index (χ3n) is 3.43. The normalized spacial score (nSPS) is 11.0. The van der Waals surface area contributed by atoms with Gasteiger partial charge in [-0.1, -0.05) is 5.10 Å². The van der Waals surface area contributed by atoms with Crippen molar-refractivity contribution in [2.75, 3.05) is 5.32 Å². The first-order valence-corrected chi connectivity index (χ1v) is 7.24. The molecule has 3 heterocycles. The van der Waals surface area contributed by atoms with Gasteiger partial charge in [0.15, 0.2) is 5.69 Å². The molecule has 0 aliphatic carbocycles. The molecule has 0 saturated carbocycles. The average Bonchev–Trinajstić information content (AvgIpc) is 3.18.